The SMILES string of the molecule is CC/C=C\C/C=C\C/C=C\CCCCCCCCOCC(COP(=O)(O)OC1C(O)C(O)C(O)C(O)C1O)OC(=O)CCCCCCCCCCCCCCCCCCCCCCCCC. The molecule has 1 saturated carbocycles. The van der Waals surface area contributed by atoms with Crippen molar-refractivity contribution in [2.45, 2.75) is 275 Å². The van der Waals surface area contributed by atoms with Gasteiger partial charge in [-0.05, 0) is 44.9 Å². The Morgan fingerprint density at radius 2 is 0.894 bits per heavy atom. The van der Waals surface area contributed by atoms with Crippen LogP contribution in [0.5, 0.6) is 0 Å². The van der Waals surface area contributed by atoms with Gasteiger partial charge in [-0.25, -0.2) is 4.57 Å². The van der Waals surface area contributed by atoms with E-state index in [4.69, 9.17) is 18.5 Å². The molecule has 12 nitrogen and oxygen atoms in total. The monoisotopic (exact) mass is 959 g/mol. The fourth-order valence-electron chi connectivity index (χ4n) is 8.31. The predicted octanol–water partition coefficient (Wildman–Crippen LogP) is 12.2. The maximum Gasteiger partial charge on any atom is 0.472 e. The van der Waals surface area contributed by atoms with Crippen LogP contribution in [0.25, 0.3) is 0 Å². The lowest BCUT2D eigenvalue weighted by molar-refractivity contribution is -0.220. The first-order valence-electron chi connectivity index (χ1n) is 26.8. The van der Waals surface area contributed by atoms with Crippen LogP contribution in [0, 0.1) is 0 Å². The molecule has 0 aliphatic heterocycles. The van der Waals surface area contributed by atoms with Gasteiger partial charge in [0.15, 0.2) is 0 Å². The summed E-state index contributed by atoms with van der Waals surface area (Å²) in [6.07, 6.45) is 40.8. The molecule has 0 amide bonds. The number of ether oxygens (including phenoxy) is 2. The Bertz CT molecular complexity index is 1230. The summed E-state index contributed by atoms with van der Waals surface area (Å²) < 4.78 is 34.3. The maximum atomic E-state index is 12.9. The summed E-state index contributed by atoms with van der Waals surface area (Å²) in [5, 5.41) is 50.3. The fraction of sp³-hybridized carbons (Fsp3) is 0.868. The third-order valence-electron chi connectivity index (χ3n) is 12.5. The first-order chi connectivity index (χ1) is 32.0. The van der Waals surface area contributed by atoms with Crippen LogP contribution in [0.15, 0.2) is 36.5 Å². The van der Waals surface area contributed by atoms with Crippen molar-refractivity contribution in [3.63, 3.8) is 0 Å². The maximum absolute atomic E-state index is 12.9. The number of carbonyl (C=O) groups is 1. The van der Waals surface area contributed by atoms with Crippen LogP contribution in [0.2, 0.25) is 0 Å². The van der Waals surface area contributed by atoms with Crippen molar-refractivity contribution in [3.05, 3.63) is 36.5 Å². The molecule has 6 atom stereocenters. The Kier molecular flexibility index (Phi) is 41.3. The molecule has 0 saturated heterocycles. The summed E-state index contributed by atoms with van der Waals surface area (Å²) in [7, 11) is -5.02. The van der Waals surface area contributed by atoms with Gasteiger partial charge >= 0.3 is 13.8 Å². The van der Waals surface area contributed by atoms with E-state index in [1.807, 2.05) is 0 Å². The third-order valence-corrected chi connectivity index (χ3v) is 13.5. The minimum absolute atomic E-state index is 0.0829. The number of allylic oxidation sites excluding steroid dienone is 6. The minimum atomic E-state index is -5.02. The molecule has 1 rings (SSSR count). The zero-order chi connectivity index (χ0) is 48.4. The molecule has 66 heavy (non-hydrogen) atoms. The van der Waals surface area contributed by atoms with Crippen LogP contribution < -0.4 is 0 Å². The van der Waals surface area contributed by atoms with Crippen LogP contribution in [0.4, 0.5) is 0 Å². The molecule has 13 heteroatoms. The Labute approximate surface area is 402 Å². The molecule has 1 fully saturated rings. The Balaban J connectivity index is 2.29. The molecule has 0 spiro atoms. The second-order valence-corrected chi connectivity index (χ2v) is 20.1. The van der Waals surface area contributed by atoms with Gasteiger partial charge in [0.25, 0.3) is 0 Å². The van der Waals surface area contributed by atoms with Crippen LogP contribution in [-0.2, 0) is 27.9 Å². The van der Waals surface area contributed by atoms with Crippen molar-refractivity contribution >= 4 is 13.8 Å². The largest absolute Gasteiger partial charge is 0.472 e. The van der Waals surface area contributed by atoms with Gasteiger partial charge in [0.1, 0.15) is 42.7 Å². The zero-order valence-corrected chi connectivity index (χ0v) is 42.6. The van der Waals surface area contributed by atoms with Crippen LogP contribution >= 0.6 is 7.82 Å². The third kappa shape index (κ3) is 34.8. The lowest BCUT2D eigenvalue weighted by atomic mass is 9.85. The molecule has 0 aromatic heterocycles. The molecule has 0 bridgehead atoms. The summed E-state index contributed by atoms with van der Waals surface area (Å²) in [5.41, 5.74) is 0. The van der Waals surface area contributed by atoms with E-state index < -0.39 is 63.1 Å². The molecular weight excluding hydrogens is 860 g/mol. The van der Waals surface area contributed by atoms with Crippen molar-refractivity contribution < 1.29 is 58.3 Å². The number of phosphoric ester groups is 1. The Morgan fingerprint density at radius 3 is 1.36 bits per heavy atom. The topological polar surface area (TPSA) is 192 Å². The van der Waals surface area contributed by atoms with Gasteiger partial charge in [-0.3, -0.25) is 13.8 Å². The number of carbonyl (C=O) groups excluding carboxylic acids is 1. The molecule has 388 valence electrons. The van der Waals surface area contributed by atoms with Crippen molar-refractivity contribution in [1.82, 2.24) is 0 Å². The molecule has 0 aromatic carbocycles. The van der Waals surface area contributed by atoms with Crippen LogP contribution in [0.3, 0.4) is 0 Å². The Morgan fingerprint density at radius 1 is 0.500 bits per heavy atom. The van der Waals surface area contributed by atoms with Gasteiger partial charge in [0.05, 0.1) is 13.2 Å². The summed E-state index contributed by atoms with van der Waals surface area (Å²) in [4.78, 5) is 23.3. The second kappa shape index (κ2) is 43.6. The van der Waals surface area contributed by atoms with E-state index in [2.05, 4.69) is 50.3 Å². The Hall–Kier alpha value is -1.44. The number of hydrogen-bond acceptors (Lipinski definition) is 11. The van der Waals surface area contributed by atoms with E-state index in [0.717, 1.165) is 83.5 Å². The molecule has 0 aromatic rings. The number of rotatable bonds is 46. The minimum Gasteiger partial charge on any atom is -0.457 e. The summed E-state index contributed by atoms with van der Waals surface area (Å²) in [6.45, 7) is 4.16. The van der Waals surface area contributed by atoms with Crippen molar-refractivity contribution in [2.24, 2.45) is 0 Å². The number of phosphoric acid groups is 1. The predicted molar refractivity (Wildman–Crippen MR) is 267 cm³/mol. The molecule has 6 N–H and O–H groups in total. The molecule has 1 aliphatic rings. The fourth-order valence-corrected chi connectivity index (χ4v) is 9.29. The average Bonchev–Trinajstić information content (AvgIpc) is 3.30. The molecule has 1 aliphatic carbocycles. The quantitative estimate of drug-likeness (QED) is 0.0147. The molecule has 0 radical (unpaired) electrons. The van der Waals surface area contributed by atoms with E-state index in [-0.39, 0.29) is 13.0 Å². The van der Waals surface area contributed by atoms with Crippen molar-refractivity contribution in [3.8, 4) is 0 Å². The first-order valence-corrected chi connectivity index (χ1v) is 28.3. The van der Waals surface area contributed by atoms with Crippen molar-refractivity contribution in [1.29, 1.82) is 0 Å². The highest BCUT2D eigenvalue weighted by Crippen LogP contribution is 2.47. The highest BCUT2D eigenvalue weighted by Gasteiger charge is 2.51. The smallest absolute Gasteiger partial charge is 0.457 e. The van der Waals surface area contributed by atoms with E-state index in [0.29, 0.717) is 13.0 Å². The lowest BCUT2D eigenvalue weighted by Gasteiger charge is -2.41. The number of aliphatic hydroxyl groups is 5. The van der Waals surface area contributed by atoms with E-state index in [1.165, 1.54) is 122 Å². The first kappa shape index (κ1) is 62.6. The zero-order valence-electron chi connectivity index (χ0n) is 41.7. The van der Waals surface area contributed by atoms with E-state index in [1.54, 1.807) is 0 Å². The normalized spacial score (nSPS) is 21.6. The standard InChI is InChI=1S/C53H99O12P/c1-3-5-7-9-11-13-15-17-19-21-22-23-24-25-26-27-28-30-32-34-36-38-40-42-47(54)64-46(45-63-66(60,61)65-53-51(58)49(56)48(55)50(57)52(53)59)44-62-43-41-39-37-35-33-31-29-20-18-16-14-12-10-8-6-4-2/h6,8,12,14,18,20,46,48-53,55-59H,3-5,7,9-11,13,15-17,19,21-45H2,1-2H3,(H,60,61)/b8-6-,14-12-,20-18-. The summed E-state index contributed by atoms with van der Waals surface area (Å²) in [6, 6.07) is 0. The number of esters is 1. The van der Waals surface area contributed by atoms with Gasteiger partial charge in [-0.2, -0.15) is 0 Å². The molecule has 6 unspecified atom stereocenters. The van der Waals surface area contributed by atoms with Crippen LogP contribution in [0.1, 0.15) is 232 Å². The highest BCUT2D eigenvalue weighted by atomic mass is 31.2. The van der Waals surface area contributed by atoms with Crippen molar-refractivity contribution in [2.75, 3.05) is 19.8 Å². The van der Waals surface area contributed by atoms with Gasteiger partial charge in [0, 0.05) is 13.0 Å². The van der Waals surface area contributed by atoms with Gasteiger partial charge in [0.2, 0.25) is 0 Å². The average molecular weight is 959 g/mol. The number of aliphatic hydroxyl groups excluding tert-OH is 5. The highest BCUT2D eigenvalue weighted by molar-refractivity contribution is 7.47. The van der Waals surface area contributed by atoms with Gasteiger partial charge < -0.3 is 39.9 Å². The van der Waals surface area contributed by atoms with Gasteiger partial charge in [-0.1, -0.05) is 217 Å². The number of hydrogen-bond donors (Lipinski definition) is 6. The lowest BCUT2D eigenvalue weighted by Crippen LogP contribution is -2.64. The van der Waals surface area contributed by atoms with E-state index in [9.17, 15) is 39.8 Å². The number of unbranched alkanes of at least 4 members (excludes halogenated alkanes) is 28. The van der Waals surface area contributed by atoms with Crippen LogP contribution in [-0.4, -0.2) is 98.9 Å². The summed E-state index contributed by atoms with van der Waals surface area (Å²) in [5.74, 6) is -0.478. The molecule has 0 heterocycles. The summed E-state index contributed by atoms with van der Waals surface area (Å²) >= 11 is 0. The molecular formula is C53H99O12P. The second-order valence-electron chi connectivity index (χ2n) is 18.7. The van der Waals surface area contributed by atoms with E-state index >= 15 is 0 Å². The van der Waals surface area contributed by atoms with Gasteiger partial charge in [-0.15, -0.1) is 0 Å².